The van der Waals surface area contributed by atoms with E-state index in [9.17, 15) is 14.3 Å². The number of carboxylic acids is 1. The molecule has 0 amide bonds. The molecule has 3 rings (SSSR count). The molecule has 0 saturated carbocycles. The van der Waals surface area contributed by atoms with Gasteiger partial charge >= 0.3 is 5.97 Å². The average Bonchev–Trinajstić information content (AvgIpc) is 2.86. The molecule has 6 heteroatoms. The highest BCUT2D eigenvalue weighted by Crippen LogP contribution is 2.35. The monoisotopic (exact) mass is 466 g/mol. The summed E-state index contributed by atoms with van der Waals surface area (Å²) < 4.78 is 31.8. The Balaban J connectivity index is 1.82. The molecule has 0 saturated heterocycles. The summed E-state index contributed by atoms with van der Waals surface area (Å²) in [4.78, 5) is 11.3. The number of carbonyl (C=O) groups is 1. The van der Waals surface area contributed by atoms with Crippen molar-refractivity contribution in [2.24, 2.45) is 5.92 Å². The molecule has 3 aromatic rings. The Labute approximate surface area is 200 Å². The number of rotatable bonds is 11. The minimum atomic E-state index is -0.828. The zero-order valence-corrected chi connectivity index (χ0v) is 20.0. The molecule has 5 nitrogen and oxygen atoms in total. The number of hydrogen-bond donors (Lipinski definition) is 1. The van der Waals surface area contributed by atoms with Crippen LogP contribution in [0.2, 0.25) is 0 Å². The van der Waals surface area contributed by atoms with E-state index in [1.165, 1.54) is 6.07 Å². The van der Waals surface area contributed by atoms with Crippen LogP contribution in [0.15, 0.2) is 60.7 Å². The summed E-state index contributed by atoms with van der Waals surface area (Å²) in [5, 5.41) is 9.30. The summed E-state index contributed by atoms with van der Waals surface area (Å²) in [6, 6.07) is 17.7. The summed E-state index contributed by atoms with van der Waals surface area (Å²) in [5.41, 5.74) is 2.83. The number of ether oxygens (including phenoxy) is 3. The Bertz CT molecular complexity index is 1130. The highest BCUT2D eigenvalue weighted by molar-refractivity contribution is 5.73. The van der Waals surface area contributed by atoms with Crippen LogP contribution >= 0.6 is 0 Å². The topological polar surface area (TPSA) is 65.0 Å². The average molecular weight is 467 g/mol. The molecule has 0 aliphatic heterocycles. The van der Waals surface area contributed by atoms with Crippen molar-refractivity contribution >= 4 is 5.97 Å². The predicted molar refractivity (Wildman–Crippen MR) is 130 cm³/mol. The summed E-state index contributed by atoms with van der Waals surface area (Å²) in [6.07, 6.45) is 0.820. The third kappa shape index (κ3) is 6.07. The van der Waals surface area contributed by atoms with Crippen LogP contribution in [0.3, 0.4) is 0 Å². The van der Waals surface area contributed by atoms with E-state index in [0.717, 1.165) is 17.5 Å². The first-order valence-corrected chi connectivity index (χ1v) is 11.4. The normalized spacial score (nSPS) is 12.6. The van der Waals surface area contributed by atoms with Crippen molar-refractivity contribution in [2.75, 3.05) is 13.7 Å². The molecular weight excluding hydrogens is 435 g/mol. The van der Waals surface area contributed by atoms with Crippen LogP contribution in [-0.2, 0) is 11.4 Å². The summed E-state index contributed by atoms with van der Waals surface area (Å²) in [5.74, 6) is -0.0332. The maximum Gasteiger partial charge on any atom is 0.306 e. The molecule has 1 N–H and O–H groups in total. The molecule has 0 heterocycles. The van der Waals surface area contributed by atoms with Crippen molar-refractivity contribution < 1.29 is 28.5 Å². The maximum absolute atomic E-state index is 14.6. The molecule has 0 bridgehead atoms. The van der Waals surface area contributed by atoms with Gasteiger partial charge in [0.05, 0.1) is 19.6 Å². The van der Waals surface area contributed by atoms with Crippen molar-refractivity contribution in [3.63, 3.8) is 0 Å². The minimum Gasteiger partial charge on any atom is -0.497 e. The van der Waals surface area contributed by atoms with Gasteiger partial charge in [-0.1, -0.05) is 45.0 Å². The molecule has 1 unspecified atom stereocenters. The third-order valence-electron chi connectivity index (χ3n) is 5.90. The fourth-order valence-corrected chi connectivity index (χ4v) is 3.61. The number of benzene rings is 3. The Morgan fingerprint density at radius 2 is 1.76 bits per heavy atom. The SMILES string of the molecule is CCCOc1cc(COc2cccc([C@@H](C)C(C)C(=O)O)c2)ccc1-c1cc(OC)ccc1F. The van der Waals surface area contributed by atoms with Gasteiger partial charge in [-0.15, -0.1) is 0 Å². The second-order valence-corrected chi connectivity index (χ2v) is 8.30. The fourth-order valence-electron chi connectivity index (χ4n) is 3.61. The van der Waals surface area contributed by atoms with Crippen molar-refractivity contribution in [3.8, 4) is 28.4 Å². The van der Waals surface area contributed by atoms with Crippen molar-refractivity contribution in [2.45, 2.75) is 39.7 Å². The van der Waals surface area contributed by atoms with E-state index in [0.29, 0.717) is 35.0 Å². The van der Waals surface area contributed by atoms with Gasteiger partial charge in [-0.3, -0.25) is 4.79 Å². The van der Waals surface area contributed by atoms with Gasteiger partial charge < -0.3 is 19.3 Å². The number of aliphatic carboxylic acids is 1. The minimum absolute atomic E-state index is 0.146. The van der Waals surface area contributed by atoms with Crippen LogP contribution in [0.5, 0.6) is 17.2 Å². The van der Waals surface area contributed by atoms with Gasteiger partial charge in [-0.25, -0.2) is 4.39 Å². The molecule has 0 aromatic heterocycles. The predicted octanol–water partition coefficient (Wildman–Crippen LogP) is 6.69. The number of halogens is 1. The lowest BCUT2D eigenvalue weighted by molar-refractivity contribution is -0.141. The number of methoxy groups -OCH3 is 1. The highest BCUT2D eigenvalue weighted by Gasteiger charge is 2.21. The molecule has 2 atom stereocenters. The van der Waals surface area contributed by atoms with Crippen LogP contribution in [-0.4, -0.2) is 24.8 Å². The largest absolute Gasteiger partial charge is 0.497 e. The van der Waals surface area contributed by atoms with E-state index in [4.69, 9.17) is 14.2 Å². The molecule has 0 aliphatic rings. The maximum atomic E-state index is 14.6. The van der Waals surface area contributed by atoms with Gasteiger partial charge in [0.2, 0.25) is 0 Å². The molecule has 0 radical (unpaired) electrons. The third-order valence-corrected chi connectivity index (χ3v) is 5.90. The molecular formula is C28H31FO5. The lowest BCUT2D eigenvalue weighted by atomic mass is 9.89. The highest BCUT2D eigenvalue weighted by atomic mass is 19.1. The van der Waals surface area contributed by atoms with Crippen molar-refractivity contribution in [1.29, 1.82) is 0 Å². The number of carboxylic acid groups (broad SMARTS) is 1. The summed E-state index contributed by atoms with van der Waals surface area (Å²) in [6.45, 7) is 6.40. The Morgan fingerprint density at radius 3 is 2.47 bits per heavy atom. The van der Waals surface area contributed by atoms with Crippen LogP contribution in [0, 0.1) is 11.7 Å². The van der Waals surface area contributed by atoms with Gasteiger partial charge in [0.15, 0.2) is 0 Å². The zero-order chi connectivity index (χ0) is 24.7. The Hall–Kier alpha value is -3.54. The molecule has 3 aromatic carbocycles. The van der Waals surface area contributed by atoms with Gasteiger partial charge in [-0.2, -0.15) is 0 Å². The summed E-state index contributed by atoms with van der Waals surface area (Å²) in [7, 11) is 1.55. The standard InChI is InChI=1S/C28H31FO5/c1-5-13-33-27-14-20(9-11-24(27)25-16-22(32-4)10-12-26(25)29)17-34-23-8-6-7-21(15-23)18(2)19(3)28(30)31/h6-12,14-16,18-19H,5,13,17H2,1-4H3,(H,30,31)/t18-,19?/m0/s1. The van der Waals surface area contributed by atoms with Gasteiger partial charge in [-0.05, 0) is 59.9 Å². The van der Waals surface area contributed by atoms with Crippen LogP contribution in [0.1, 0.15) is 44.2 Å². The number of hydrogen-bond acceptors (Lipinski definition) is 4. The first-order chi connectivity index (χ1) is 16.3. The second-order valence-electron chi connectivity index (χ2n) is 8.30. The first-order valence-electron chi connectivity index (χ1n) is 11.4. The zero-order valence-electron chi connectivity index (χ0n) is 20.0. The van der Waals surface area contributed by atoms with E-state index >= 15 is 0 Å². The van der Waals surface area contributed by atoms with Crippen LogP contribution in [0.4, 0.5) is 4.39 Å². The molecule has 34 heavy (non-hydrogen) atoms. The Kier molecular flexibility index (Phi) is 8.52. The Morgan fingerprint density at radius 1 is 0.971 bits per heavy atom. The van der Waals surface area contributed by atoms with Crippen LogP contribution in [0.25, 0.3) is 11.1 Å². The van der Waals surface area contributed by atoms with Gasteiger partial charge in [0.1, 0.15) is 29.7 Å². The lowest BCUT2D eigenvalue weighted by Gasteiger charge is -2.18. The fraction of sp³-hybridized carbons (Fsp3) is 0.321. The first kappa shape index (κ1) is 25.1. The van der Waals surface area contributed by atoms with E-state index < -0.39 is 11.9 Å². The molecule has 0 fully saturated rings. The lowest BCUT2D eigenvalue weighted by Crippen LogP contribution is -2.16. The van der Waals surface area contributed by atoms with E-state index in [1.807, 2.05) is 56.3 Å². The van der Waals surface area contributed by atoms with Crippen molar-refractivity contribution in [3.05, 3.63) is 77.6 Å². The molecule has 0 spiro atoms. The van der Waals surface area contributed by atoms with E-state index in [1.54, 1.807) is 26.2 Å². The molecule has 0 aliphatic carbocycles. The second kappa shape index (κ2) is 11.5. The van der Waals surface area contributed by atoms with Gasteiger partial charge in [0.25, 0.3) is 0 Å². The molecule has 180 valence electrons. The van der Waals surface area contributed by atoms with E-state index in [2.05, 4.69) is 0 Å². The summed E-state index contributed by atoms with van der Waals surface area (Å²) >= 11 is 0. The van der Waals surface area contributed by atoms with Gasteiger partial charge in [0, 0.05) is 11.1 Å². The van der Waals surface area contributed by atoms with E-state index in [-0.39, 0.29) is 18.3 Å². The quantitative estimate of drug-likeness (QED) is 0.341. The van der Waals surface area contributed by atoms with Crippen LogP contribution < -0.4 is 14.2 Å². The van der Waals surface area contributed by atoms with Crippen molar-refractivity contribution in [1.82, 2.24) is 0 Å². The smallest absolute Gasteiger partial charge is 0.306 e.